The van der Waals surface area contributed by atoms with Crippen molar-refractivity contribution in [3.8, 4) is 0 Å². The molecule has 1 aliphatic heterocycles. The van der Waals surface area contributed by atoms with Crippen molar-refractivity contribution in [3.05, 3.63) is 29.3 Å². The fraction of sp³-hybridized carbons (Fsp3) is 0.571. The zero-order valence-electron chi connectivity index (χ0n) is 10.4. The molecule has 0 saturated heterocycles. The molecule has 0 bridgehead atoms. The summed E-state index contributed by atoms with van der Waals surface area (Å²) in [5.41, 5.74) is 8.48. The topological polar surface area (TPSA) is 38.0 Å². The van der Waals surface area contributed by atoms with Crippen LogP contribution in [0.25, 0.3) is 0 Å². The summed E-state index contributed by atoms with van der Waals surface area (Å²) in [6.07, 6.45) is 4.79. The molecule has 0 atom stereocenters. The van der Waals surface area contributed by atoms with Gasteiger partial charge in [-0.3, -0.25) is 0 Å². The van der Waals surface area contributed by atoms with Crippen molar-refractivity contribution in [2.75, 3.05) is 25.4 Å². The maximum atomic E-state index is 5.46. The van der Waals surface area contributed by atoms with Gasteiger partial charge in [0.2, 0.25) is 0 Å². The number of nitrogens with two attached hydrogens (primary N) is 1. The Morgan fingerprint density at radius 3 is 3.12 bits per heavy atom. The van der Waals surface area contributed by atoms with E-state index in [0.717, 1.165) is 32.5 Å². The smallest absolute Gasteiger partial charge is 0.0104 e. The molecule has 3 N–H and O–H groups in total. The van der Waals surface area contributed by atoms with Gasteiger partial charge in [-0.25, -0.2) is 0 Å². The minimum Gasteiger partial charge on any atom is -0.330 e. The summed E-state index contributed by atoms with van der Waals surface area (Å²) < 4.78 is 0. The van der Waals surface area contributed by atoms with Crippen LogP contribution in [0.1, 0.15) is 24.0 Å². The first-order valence-corrected chi connectivity index (χ1v) is 7.54. The fourth-order valence-electron chi connectivity index (χ4n) is 2.15. The molecule has 0 fully saturated rings. The molecule has 0 unspecified atom stereocenters. The standard InChI is InChI=1S/C14H22N2S/c15-7-2-8-16-9-6-12-4-5-14-13(11-12)3-1-10-17-14/h4-5,11,16H,1-3,6-10,15H2. The quantitative estimate of drug-likeness (QED) is 0.760. The summed E-state index contributed by atoms with van der Waals surface area (Å²) in [6, 6.07) is 6.97. The average molecular weight is 250 g/mol. The molecule has 94 valence electrons. The highest BCUT2D eigenvalue weighted by molar-refractivity contribution is 7.99. The molecule has 0 aliphatic carbocycles. The Hall–Kier alpha value is -0.510. The van der Waals surface area contributed by atoms with E-state index in [1.807, 2.05) is 11.8 Å². The second kappa shape index (κ2) is 7.04. The van der Waals surface area contributed by atoms with Crippen LogP contribution in [0.5, 0.6) is 0 Å². The lowest BCUT2D eigenvalue weighted by atomic mass is 10.0. The highest BCUT2D eigenvalue weighted by Gasteiger charge is 2.09. The summed E-state index contributed by atoms with van der Waals surface area (Å²) in [5, 5.41) is 3.43. The van der Waals surface area contributed by atoms with Gasteiger partial charge in [0.1, 0.15) is 0 Å². The molecule has 0 spiro atoms. The summed E-state index contributed by atoms with van der Waals surface area (Å²) >= 11 is 2.00. The van der Waals surface area contributed by atoms with Crippen molar-refractivity contribution in [2.45, 2.75) is 30.6 Å². The van der Waals surface area contributed by atoms with Gasteiger partial charge in [0.15, 0.2) is 0 Å². The van der Waals surface area contributed by atoms with E-state index in [9.17, 15) is 0 Å². The molecular formula is C14H22N2S. The molecule has 1 aromatic rings. The molecule has 3 heteroatoms. The molecule has 17 heavy (non-hydrogen) atoms. The minimum absolute atomic E-state index is 0.781. The molecular weight excluding hydrogens is 228 g/mol. The number of aryl methyl sites for hydroxylation is 1. The van der Waals surface area contributed by atoms with E-state index in [2.05, 4.69) is 23.5 Å². The SMILES string of the molecule is NCCCNCCc1ccc2c(c1)CCCS2. The van der Waals surface area contributed by atoms with Gasteiger partial charge in [-0.15, -0.1) is 11.8 Å². The molecule has 1 aromatic carbocycles. The zero-order chi connectivity index (χ0) is 11.9. The molecule has 2 nitrogen and oxygen atoms in total. The molecule has 0 amide bonds. The van der Waals surface area contributed by atoms with E-state index in [1.54, 1.807) is 5.56 Å². The number of hydrogen-bond donors (Lipinski definition) is 2. The first-order valence-electron chi connectivity index (χ1n) is 6.55. The van der Waals surface area contributed by atoms with Crippen LogP contribution in [-0.2, 0) is 12.8 Å². The average Bonchev–Trinajstić information content (AvgIpc) is 2.38. The van der Waals surface area contributed by atoms with Crippen LogP contribution in [0.15, 0.2) is 23.1 Å². The van der Waals surface area contributed by atoms with Crippen molar-refractivity contribution in [3.63, 3.8) is 0 Å². The van der Waals surface area contributed by atoms with Crippen molar-refractivity contribution in [1.29, 1.82) is 0 Å². The lowest BCUT2D eigenvalue weighted by molar-refractivity contribution is 0.652. The number of hydrogen-bond acceptors (Lipinski definition) is 3. The van der Waals surface area contributed by atoms with E-state index in [-0.39, 0.29) is 0 Å². The van der Waals surface area contributed by atoms with Crippen molar-refractivity contribution < 1.29 is 0 Å². The largest absolute Gasteiger partial charge is 0.330 e. The first kappa shape index (κ1) is 12.9. The van der Waals surface area contributed by atoms with Gasteiger partial charge in [0.25, 0.3) is 0 Å². The molecule has 2 rings (SSSR count). The highest BCUT2D eigenvalue weighted by atomic mass is 32.2. The molecule has 0 radical (unpaired) electrons. The van der Waals surface area contributed by atoms with Gasteiger partial charge in [0, 0.05) is 4.90 Å². The number of benzene rings is 1. The van der Waals surface area contributed by atoms with Gasteiger partial charge in [-0.05, 0) is 68.3 Å². The maximum Gasteiger partial charge on any atom is 0.0104 e. The van der Waals surface area contributed by atoms with E-state index in [0.29, 0.717) is 0 Å². The summed E-state index contributed by atoms with van der Waals surface area (Å²) in [4.78, 5) is 1.50. The first-order chi connectivity index (χ1) is 8.40. The van der Waals surface area contributed by atoms with Crippen LogP contribution in [0, 0.1) is 0 Å². The number of thioether (sulfide) groups is 1. The normalized spacial score (nSPS) is 14.6. The van der Waals surface area contributed by atoms with Crippen molar-refractivity contribution in [1.82, 2.24) is 5.32 Å². The second-order valence-corrected chi connectivity index (χ2v) is 5.67. The highest BCUT2D eigenvalue weighted by Crippen LogP contribution is 2.30. The molecule has 1 aliphatic rings. The number of rotatable bonds is 6. The zero-order valence-corrected chi connectivity index (χ0v) is 11.2. The maximum absolute atomic E-state index is 5.46. The van der Waals surface area contributed by atoms with Crippen LogP contribution < -0.4 is 11.1 Å². The molecule has 0 aromatic heterocycles. The van der Waals surface area contributed by atoms with Crippen LogP contribution in [0.4, 0.5) is 0 Å². The van der Waals surface area contributed by atoms with Crippen LogP contribution in [0.3, 0.4) is 0 Å². The summed E-state index contributed by atoms with van der Waals surface area (Å²) in [6.45, 7) is 2.88. The predicted octanol–water partition coefficient (Wildman–Crippen LogP) is 2.21. The number of fused-ring (bicyclic) bond motifs is 1. The van der Waals surface area contributed by atoms with Gasteiger partial charge < -0.3 is 11.1 Å². The van der Waals surface area contributed by atoms with E-state index in [4.69, 9.17) is 5.73 Å². The third-order valence-corrected chi connectivity index (χ3v) is 4.32. The third-order valence-electron chi connectivity index (χ3n) is 3.12. The summed E-state index contributed by atoms with van der Waals surface area (Å²) in [7, 11) is 0. The summed E-state index contributed by atoms with van der Waals surface area (Å²) in [5.74, 6) is 1.28. The van der Waals surface area contributed by atoms with Gasteiger partial charge in [0.05, 0.1) is 0 Å². The second-order valence-electron chi connectivity index (χ2n) is 4.54. The Balaban J connectivity index is 1.81. The van der Waals surface area contributed by atoms with E-state index >= 15 is 0 Å². The Labute approximate surface area is 108 Å². The Bertz CT molecular complexity index is 352. The molecule has 0 saturated carbocycles. The van der Waals surface area contributed by atoms with Crippen molar-refractivity contribution >= 4 is 11.8 Å². The van der Waals surface area contributed by atoms with Crippen molar-refractivity contribution in [2.24, 2.45) is 5.73 Å². The van der Waals surface area contributed by atoms with E-state index < -0.39 is 0 Å². The number of nitrogens with one attached hydrogen (secondary N) is 1. The molecule has 1 heterocycles. The lowest BCUT2D eigenvalue weighted by Gasteiger charge is -2.16. The Morgan fingerprint density at radius 2 is 2.24 bits per heavy atom. The fourth-order valence-corrected chi connectivity index (χ4v) is 3.17. The van der Waals surface area contributed by atoms with E-state index in [1.165, 1.54) is 29.1 Å². The van der Waals surface area contributed by atoms with Crippen LogP contribution in [0.2, 0.25) is 0 Å². The minimum atomic E-state index is 0.781. The monoisotopic (exact) mass is 250 g/mol. The predicted molar refractivity (Wildman–Crippen MR) is 75.7 cm³/mol. The van der Waals surface area contributed by atoms with Gasteiger partial charge in [-0.2, -0.15) is 0 Å². The van der Waals surface area contributed by atoms with Crippen LogP contribution >= 0.6 is 11.8 Å². The third kappa shape index (κ3) is 4.02. The Kier molecular flexibility index (Phi) is 5.36. The van der Waals surface area contributed by atoms with Gasteiger partial charge in [-0.1, -0.05) is 12.1 Å². The van der Waals surface area contributed by atoms with Gasteiger partial charge >= 0.3 is 0 Å². The lowest BCUT2D eigenvalue weighted by Crippen LogP contribution is -2.20. The van der Waals surface area contributed by atoms with Crippen LogP contribution in [-0.4, -0.2) is 25.4 Å². The Morgan fingerprint density at radius 1 is 1.29 bits per heavy atom.